The molecule has 0 aromatic heterocycles. The van der Waals surface area contributed by atoms with E-state index in [2.05, 4.69) is 6.92 Å². The monoisotopic (exact) mass is 672 g/mol. The van der Waals surface area contributed by atoms with E-state index in [4.69, 9.17) is 9.47 Å². The van der Waals surface area contributed by atoms with Crippen molar-refractivity contribution in [2.24, 2.45) is 34.5 Å². The third-order valence-corrected chi connectivity index (χ3v) is 13.3. The van der Waals surface area contributed by atoms with Crippen molar-refractivity contribution in [2.75, 3.05) is 13.2 Å². The van der Waals surface area contributed by atoms with Crippen LogP contribution in [-0.2, 0) is 23.9 Å². The van der Waals surface area contributed by atoms with Gasteiger partial charge < -0.3 is 29.9 Å². The average molecular weight is 673 g/mol. The molecule has 10 atom stereocenters. The van der Waals surface area contributed by atoms with Crippen molar-refractivity contribution in [3.05, 3.63) is 23.3 Å². The van der Waals surface area contributed by atoms with Crippen molar-refractivity contribution >= 4 is 17.7 Å². The molecule has 10 unspecified atom stereocenters. The first-order valence-electron chi connectivity index (χ1n) is 18.8. The van der Waals surface area contributed by atoms with Crippen LogP contribution in [0.1, 0.15) is 131 Å². The first kappa shape index (κ1) is 37.2. The van der Waals surface area contributed by atoms with Gasteiger partial charge >= 0.3 is 11.9 Å². The Hall–Kier alpha value is -2.07. The molecule has 4 N–H and O–H groups in total. The lowest BCUT2D eigenvalue weighted by atomic mass is 9.53. The van der Waals surface area contributed by atoms with Gasteiger partial charge in [-0.05, 0) is 30.9 Å². The zero-order valence-corrected chi connectivity index (χ0v) is 29.9. The molecule has 5 aliphatic carbocycles. The van der Waals surface area contributed by atoms with Gasteiger partial charge in [0.05, 0.1) is 24.2 Å². The summed E-state index contributed by atoms with van der Waals surface area (Å²) in [5, 5.41) is 46.1. The number of fused-ring (bicyclic) bond motifs is 7. The van der Waals surface area contributed by atoms with E-state index in [1.807, 2.05) is 0 Å². The largest absolute Gasteiger partial charge is 0.458 e. The Morgan fingerprint density at radius 3 is 1.96 bits per heavy atom. The van der Waals surface area contributed by atoms with Crippen molar-refractivity contribution in [1.82, 2.24) is 0 Å². The molecule has 5 aliphatic rings. The third-order valence-electron chi connectivity index (χ3n) is 13.3. The second-order valence-corrected chi connectivity index (χ2v) is 16.0. The molecule has 270 valence electrons. The van der Waals surface area contributed by atoms with Crippen LogP contribution in [0.5, 0.6) is 0 Å². The molecule has 0 aromatic carbocycles. The van der Waals surface area contributed by atoms with Crippen LogP contribution in [0.3, 0.4) is 0 Å². The molecule has 3 saturated carbocycles. The quantitative estimate of drug-likeness (QED) is 0.0840. The minimum absolute atomic E-state index is 0.0975. The number of aliphatic hydroxyl groups excluding tert-OH is 2. The molecule has 3 fully saturated rings. The molecule has 0 saturated heterocycles. The number of hydrogen-bond acceptors (Lipinski definition) is 9. The third kappa shape index (κ3) is 5.36. The highest BCUT2D eigenvalue weighted by molar-refractivity contribution is 6.09. The van der Waals surface area contributed by atoms with Gasteiger partial charge in [0.1, 0.15) is 11.7 Å². The fourth-order valence-electron chi connectivity index (χ4n) is 10.8. The van der Waals surface area contributed by atoms with Crippen LogP contribution in [0, 0.1) is 34.5 Å². The Kier molecular flexibility index (Phi) is 10.8. The Morgan fingerprint density at radius 2 is 1.48 bits per heavy atom. The lowest BCUT2D eigenvalue weighted by molar-refractivity contribution is -0.235. The fraction of sp³-hybridized carbons (Fsp3) is 0.821. The predicted octanol–water partition coefficient (Wildman–Crippen LogP) is 5.51. The summed E-state index contributed by atoms with van der Waals surface area (Å²) in [5.74, 6) is -4.53. The molecule has 9 heteroatoms. The summed E-state index contributed by atoms with van der Waals surface area (Å²) in [6.45, 7) is 7.91. The van der Waals surface area contributed by atoms with Gasteiger partial charge in [-0.3, -0.25) is 14.4 Å². The first-order valence-corrected chi connectivity index (χ1v) is 18.8. The maximum atomic E-state index is 13.5. The molecule has 0 heterocycles. The number of ether oxygens (including phenoxy) is 2. The number of Topliss-reactive ketones (excluding diaryl/α,β-unsaturated/α-hetero) is 1. The standard InChI is InChI=1S/C39H60O9/c1-6-7-8-9-10-11-12-13-14-15-16-17-18-19-31(43)47-34-26(3)37(45)29(32-35(5,24-41)39(32,34)48-27(4)42)21-28(23-40)22-36(37)30-20-25(2)33(44)38(30,36)46/h20-21,26,29-30,32,34,40-41,45-46H,6-19,22-24H2,1-5H3. The summed E-state index contributed by atoms with van der Waals surface area (Å²) in [6.07, 6.45) is 18.0. The van der Waals surface area contributed by atoms with E-state index in [0.29, 0.717) is 17.6 Å². The summed E-state index contributed by atoms with van der Waals surface area (Å²) < 4.78 is 12.3. The Balaban J connectivity index is 1.28. The predicted molar refractivity (Wildman–Crippen MR) is 180 cm³/mol. The molecule has 5 rings (SSSR count). The van der Waals surface area contributed by atoms with Crippen LogP contribution in [0.4, 0.5) is 0 Å². The van der Waals surface area contributed by atoms with E-state index in [1.165, 1.54) is 64.7 Å². The van der Waals surface area contributed by atoms with Crippen molar-refractivity contribution in [3.63, 3.8) is 0 Å². The van der Waals surface area contributed by atoms with E-state index >= 15 is 0 Å². The second kappa shape index (κ2) is 13.9. The molecule has 9 nitrogen and oxygen atoms in total. The number of hydrogen-bond donors (Lipinski definition) is 4. The van der Waals surface area contributed by atoms with Gasteiger partial charge in [-0.25, -0.2) is 0 Å². The summed E-state index contributed by atoms with van der Waals surface area (Å²) in [6, 6.07) is 0. The van der Waals surface area contributed by atoms with Crippen molar-refractivity contribution < 1.29 is 44.3 Å². The number of aliphatic hydroxyl groups is 4. The van der Waals surface area contributed by atoms with Crippen molar-refractivity contribution in [1.29, 1.82) is 0 Å². The summed E-state index contributed by atoms with van der Waals surface area (Å²) >= 11 is 0. The smallest absolute Gasteiger partial charge is 0.306 e. The van der Waals surface area contributed by atoms with E-state index < -0.39 is 81.7 Å². The Bertz CT molecular complexity index is 1310. The Labute approximate surface area is 286 Å². The van der Waals surface area contributed by atoms with Gasteiger partial charge in [-0.15, -0.1) is 0 Å². The molecular weight excluding hydrogens is 612 g/mol. The SMILES string of the molecule is CCCCCCCCCCCCCCCC(=O)OC1C(C)C2(O)C(C=C(CO)CC23C2C=C(C)C(=O)C23O)C2C(C)(CO)C12OC(C)=O. The van der Waals surface area contributed by atoms with E-state index in [1.54, 1.807) is 32.9 Å². The molecule has 1 spiro atoms. The number of unbranched alkanes of at least 4 members (excludes halogenated alkanes) is 12. The van der Waals surface area contributed by atoms with Gasteiger partial charge in [0, 0.05) is 42.4 Å². The maximum Gasteiger partial charge on any atom is 0.306 e. The average Bonchev–Trinajstić information content (AvgIpc) is 3.75. The van der Waals surface area contributed by atoms with Gasteiger partial charge in [-0.2, -0.15) is 0 Å². The first-order chi connectivity index (χ1) is 22.8. The maximum absolute atomic E-state index is 13.5. The Morgan fingerprint density at radius 1 is 0.917 bits per heavy atom. The van der Waals surface area contributed by atoms with Crippen LogP contribution >= 0.6 is 0 Å². The molecule has 0 radical (unpaired) electrons. The second-order valence-electron chi connectivity index (χ2n) is 16.0. The van der Waals surface area contributed by atoms with Crippen LogP contribution in [0.2, 0.25) is 0 Å². The number of esters is 2. The lowest BCUT2D eigenvalue weighted by Gasteiger charge is -2.56. The van der Waals surface area contributed by atoms with Crippen LogP contribution in [-0.4, -0.2) is 74.3 Å². The highest BCUT2D eigenvalue weighted by Gasteiger charge is 2.96. The van der Waals surface area contributed by atoms with Gasteiger partial charge in [0.2, 0.25) is 0 Å². The summed E-state index contributed by atoms with van der Waals surface area (Å²) in [4.78, 5) is 39.5. The molecule has 48 heavy (non-hydrogen) atoms. The molecule has 0 amide bonds. The number of rotatable bonds is 18. The lowest BCUT2D eigenvalue weighted by Crippen LogP contribution is -2.67. The topological polar surface area (TPSA) is 151 Å². The van der Waals surface area contributed by atoms with E-state index in [-0.39, 0.29) is 19.4 Å². The minimum atomic E-state index is -1.86. The van der Waals surface area contributed by atoms with Gasteiger partial charge in [-0.1, -0.05) is 110 Å². The summed E-state index contributed by atoms with van der Waals surface area (Å²) in [5.41, 5.74) is -6.48. The van der Waals surface area contributed by atoms with Crippen molar-refractivity contribution in [2.45, 2.75) is 154 Å². The molecular formula is C39H60O9. The van der Waals surface area contributed by atoms with Crippen LogP contribution in [0.25, 0.3) is 0 Å². The van der Waals surface area contributed by atoms with Gasteiger partial charge in [0.15, 0.2) is 11.4 Å². The molecule has 0 aliphatic heterocycles. The zero-order valence-electron chi connectivity index (χ0n) is 29.9. The highest BCUT2D eigenvalue weighted by atomic mass is 16.6. The number of ketones is 1. The highest BCUT2D eigenvalue weighted by Crippen LogP contribution is 2.85. The molecule has 0 bridgehead atoms. The van der Waals surface area contributed by atoms with Crippen LogP contribution in [0.15, 0.2) is 23.3 Å². The minimum Gasteiger partial charge on any atom is -0.458 e. The zero-order chi connectivity index (χ0) is 35.1. The van der Waals surface area contributed by atoms with Crippen molar-refractivity contribution in [3.8, 4) is 0 Å². The normalized spacial score (nSPS) is 40.4. The van der Waals surface area contributed by atoms with E-state index in [9.17, 15) is 34.8 Å². The van der Waals surface area contributed by atoms with E-state index in [0.717, 1.165) is 19.3 Å². The fourth-order valence-corrected chi connectivity index (χ4v) is 10.8. The van der Waals surface area contributed by atoms with Gasteiger partial charge in [0.25, 0.3) is 0 Å². The summed E-state index contributed by atoms with van der Waals surface area (Å²) in [7, 11) is 0. The number of carbonyl (C=O) groups excluding carboxylic acids is 3. The molecule has 0 aromatic rings. The number of carbonyl (C=O) groups is 3. The van der Waals surface area contributed by atoms with Crippen LogP contribution < -0.4 is 0 Å².